The van der Waals surface area contributed by atoms with Gasteiger partial charge >= 0.3 is 5.69 Å². The van der Waals surface area contributed by atoms with Crippen LogP contribution in [0.2, 0.25) is 0 Å². The predicted molar refractivity (Wildman–Crippen MR) is 144 cm³/mol. The van der Waals surface area contributed by atoms with Crippen LogP contribution in [0.1, 0.15) is 23.1 Å². The topological polar surface area (TPSA) is 123 Å². The van der Waals surface area contributed by atoms with Gasteiger partial charge in [0.2, 0.25) is 0 Å². The van der Waals surface area contributed by atoms with E-state index in [1.165, 1.54) is 16.8 Å². The lowest BCUT2D eigenvalue weighted by molar-refractivity contribution is -0.147. The Balaban J connectivity index is 2.05. The summed E-state index contributed by atoms with van der Waals surface area (Å²) in [5.74, 6) is 1.07. The van der Waals surface area contributed by atoms with E-state index in [4.69, 9.17) is 14.2 Å². The molecule has 4 atom stereocenters. The van der Waals surface area contributed by atoms with Crippen molar-refractivity contribution in [1.82, 2.24) is 9.55 Å². The normalized spacial score (nSPS) is 22.3. The molecule has 1 aliphatic heterocycles. The Morgan fingerprint density at radius 3 is 2.36 bits per heavy atom. The molecule has 4 aromatic rings. The van der Waals surface area contributed by atoms with Gasteiger partial charge in [-0.25, -0.2) is 4.79 Å². The van der Waals surface area contributed by atoms with Crippen LogP contribution in [0.5, 0.6) is 11.5 Å². The molecule has 0 radical (unpaired) electrons. The number of para-hydroxylation sites is 1. The molecule has 0 bridgehead atoms. The monoisotopic (exact) mass is 530 g/mol. The van der Waals surface area contributed by atoms with E-state index in [9.17, 15) is 19.8 Å². The minimum atomic E-state index is -1.69. The zero-order chi connectivity index (χ0) is 27.6. The van der Waals surface area contributed by atoms with E-state index in [2.05, 4.69) is 4.98 Å². The zero-order valence-electron chi connectivity index (χ0n) is 21.6. The number of H-pyrrole nitrogens is 1. The standard InChI is InChI=1S/C30H30N2O7/c1-37-22-12-8-11-21(17-22)30(20-9-4-3-5-10-20,23-13-6-7-14-25(23)38-2)29(18-24(34)26(19-33)39-29)32-16-15-27(35)31-28(32)36/h3-17,24,26,33-34H,18-19H2,1-2H3,(H,31,35,36)/t24-,26+,29-,30?/m0/s1. The summed E-state index contributed by atoms with van der Waals surface area (Å²) in [6.07, 6.45) is -0.903. The first-order valence-corrected chi connectivity index (χ1v) is 12.5. The Hall–Kier alpha value is -4.18. The molecule has 3 N–H and O–H groups in total. The van der Waals surface area contributed by atoms with Crippen LogP contribution < -0.4 is 20.7 Å². The molecule has 2 heterocycles. The number of aliphatic hydroxyl groups is 2. The number of aliphatic hydroxyl groups excluding tert-OH is 2. The van der Waals surface area contributed by atoms with E-state index in [-0.39, 0.29) is 6.42 Å². The SMILES string of the molecule is COc1cccc(C(c2ccccc2)(c2ccccc2OC)[C@]2(n3ccc(=O)[nH]c3=O)C[C@H](O)[C@@H](CO)O2)c1. The maximum atomic E-state index is 13.6. The van der Waals surface area contributed by atoms with Crippen LogP contribution in [0.3, 0.4) is 0 Å². The van der Waals surface area contributed by atoms with Crippen LogP contribution in [0.15, 0.2) is 101 Å². The Morgan fingerprint density at radius 1 is 0.974 bits per heavy atom. The van der Waals surface area contributed by atoms with Gasteiger partial charge in [-0.15, -0.1) is 0 Å². The van der Waals surface area contributed by atoms with Gasteiger partial charge in [0.25, 0.3) is 5.56 Å². The number of rotatable bonds is 8. The van der Waals surface area contributed by atoms with Crippen molar-refractivity contribution in [3.05, 3.63) is 129 Å². The molecule has 9 heteroatoms. The molecule has 3 aromatic carbocycles. The Labute approximate surface area is 224 Å². The molecule has 1 aliphatic rings. The fraction of sp³-hybridized carbons (Fsp3) is 0.267. The third-order valence-corrected chi connectivity index (χ3v) is 7.46. The van der Waals surface area contributed by atoms with Crippen molar-refractivity contribution < 1.29 is 24.4 Å². The number of hydrogen-bond donors (Lipinski definition) is 3. The summed E-state index contributed by atoms with van der Waals surface area (Å²) in [6.45, 7) is -0.490. The molecule has 0 aliphatic carbocycles. The van der Waals surface area contributed by atoms with E-state index >= 15 is 0 Å². The highest BCUT2D eigenvalue weighted by atomic mass is 16.6. The van der Waals surface area contributed by atoms with Gasteiger partial charge in [-0.1, -0.05) is 60.7 Å². The van der Waals surface area contributed by atoms with Crippen LogP contribution in [0.25, 0.3) is 0 Å². The van der Waals surface area contributed by atoms with Crippen molar-refractivity contribution >= 4 is 0 Å². The van der Waals surface area contributed by atoms with E-state index in [0.29, 0.717) is 28.2 Å². The quantitative estimate of drug-likeness (QED) is 0.299. The molecule has 1 aromatic heterocycles. The number of nitrogens with one attached hydrogen (secondary N) is 1. The average molecular weight is 531 g/mol. The molecule has 1 fully saturated rings. The Bertz CT molecular complexity index is 1570. The summed E-state index contributed by atoms with van der Waals surface area (Å²) in [5, 5.41) is 21.4. The molecule has 1 unspecified atom stereocenters. The molecular weight excluding hydrogens is 500 g/mol. The van der Waals surface area contributed by atoms with Gasteiger partial charge in [-0.05, 0) is 29.3 Å². The maximum Gasteiger partial charge on any atom is 0.330 e. The lowest BCUT2D eigenvalue weighted by Crippen LogP contribution is -2.59. The molecule has 1 saturated heterocycles. The van der Waals surface area contributed by atoms with Crippen molar-refractivity contribution in [2.75, 3.05) is 20.8 Å². The van der Waals surface area contributed by atoms with Gasteiger partial charge in [-0.2, -0.15) is 0 Å². The van der Waals surface area contributed by atoms with Crippen molar-refractivity contribution in [1.29, 1.82) is 0 Å². The number of aromatic nitrogens is 2. The number of benzene rings is 3. The van der Waals surface area contributed by atoms with E-state index in [1.807, 2.05) is 72.8 Å². The summed E-state index contributed by atoms with van der Waals surface area (Å²) in [4.78, 5) is 28.1. The second kappa shape index (κ2) is 10.5. The fourth-order valence-corrected chi connectivity index (χ4v) is 5.87. The van der Waals surface area contributed by atoms with Crippen LogP contribution in [0.4, 0.5) is 0 Å². The van der Waals surface area contributed by atoms with Crippen LogP contribution in [-0.4, -0.2) is 52.8 Å². The van der Waals surface area contributed by atoms with Crippen molar-refractivity contribution in [3.8, 4) is 11.5 Å². The lowest BCUT2D eigenvalue weighted by atomic mass is 9.61. The summed E-state index contributed by atoms with van der Waals surface area (Å²) in [7, 11) is 3.12. The number of nitrogens with zero attached hydrogens (tertiary/aromatic N) is 1. The van der Waals surface area contributed by atoms with Crippen LogP contribution in [0, 0.1) is 0 Å². The highest BCUT2D eigenvalue weighted by molar-refractivity contribution is 5.59. The predicted octanol–water partition coefficient (Wildman–Crippen LogP) is 2.38. The number of hydrogen-bond acceptors (Lipinski definition) is 7. The molecular formula is C30H30N2O7. The number of aromatic amines is 1. The van der Waals surface area contributed by atoms with E-state index in [1.54, 1.807) is 20.3 Å². The third kappa shape index (κ3) is 4.15. The molecule has 0 saturated carbocycles. The van der Waals surface area contributed by atoms with Gasteiger partial charge < -0.3 is 24.4 Å². The zero-order valence-corrected chi connectivity index (χ0v) is 21.6. The lowest BCUT2D eigenvalue weighted by Gasteiger charge is -2.50. The molecule has 202 valence electrons. The largest absolute Gasteiger partial charge is 0.497 e. The van der Waals surface area contributed by atoms with Crippen molar-refractivity contribution in [3.63, 3.8) is 0 Å². The minimum absolute atomic E-state index is 0.103. The van der Waals surface area contributed by atoms with Gasteiger partial charge in [0.05, 0.1) is 32.3 Å². The molecule has 0 amide bonds. The molecule has 5 rings (SSSR count). The Morgan fingerprint density at radius 2 is 1.69 bits per heavy atom. The average Bonchev–Trinajstić information content (AvgIpc) is 3.31. The molecule has 39 heavy (non-hydrogen) atoms. The Kier molecular flexibility index (Phi) is 7.14. The van der Waals surface area contributed by atoms with Crippen molar-refractivity contribution in [2.45, 2.75) is 29.8 Å². The maximum absolute atomic E-state index is 13.6. The molecule has 9 nitrogen and oxygen atoms in total. The summed E-state index contributed by atoms with van der Waals surface area (Å²) in [6, 6.07) is 25.4. The first kappa shape index (κ1) is 26.4. The van der Waals surface area contributed by atoms with E-state index < -0.39 is 41.2 Å². The number of methoxy groups -OCH3 is 2. The van der Waals surface area contributed by atoms with Crippen LogP contribution in [-0.2, 0) is 15.9 Å². The first-order valence-electron chi connectivity index (χ1n) is 12.5. The second-order valence-electron chi connectivity index (χ2n) is 9.42. The molecule has 0 spiro atoms. The number of ether oxygens (including phenoxy) is 3. The van der Waals surface area contributed by atoms with Gasteiger partial charge in [0.15, 0.2) is 5.72 Å². The second-order valence-corrected chi connectivity index (χ2v) is 9.42. The summed E-state index contributed by atoms with van der Waals surface area (Å²) < 4.78 is 19.4. The highest BCUT2D eigenvalue weighted by Gasteiger charge is 2.64. The smallest absolute Gasteiger partial charge is 0.330 e. The van der Waals surface area contributed by atoms with Gasteiger partial charge in [0.1, 0.15) is 17.6 Å². The van der Waals surface area contributed by atoms with Gasteiger partial charge in [-0.3, -0.25) is 14.3 Å². The van der Waals surface area contributed by atoms with E-state index in [0.717, 1.165) is 0 Å². The summed E-state index contributed by atoms with van der Waals surface area (Å²) in [5.41, 5.74) is -2.35. The van der Waals surface area contributed by atoms with Crippen molar-refractivity contribution in [2.24, 2.45) is 0 Å². The fourth-order valence-electron chi connectivity index (χ4n) is 5.87. The minimum Gasteiger partial charge on any atom is -0.497 e. The summed E-state index contributed by atoms with van der Waals surface area (Å²) >= 11 is 0. The van der Waals surface area contributed by atoms with Crippen LogP contribution >= 0.6 is 0 Å². The third-order valence-electron chi connectivity index (χ3n) is 7.46. The highest BCUT2D eigenvalue weighted by Crippen LogP contribution is 2.58. The first-order chi connectivity index (χ1) is 18.9. The van der Waals surface area contributed by atoms with Gasteiger partial charge in [0, 0.05) is 24.2 Å².